The predicted octanol–water partition coefficient (Wildman–Crippen LogP) is 4.57. The Hall–Kier alpha value is -2.06. The Kier molecular flexibility index (Phi) is 2.26. The Balaban J connectivity index is 1.89. The van der Waals surface area contributed by atoms with E-state index in [0.29, 0.717) is 0 Å². The van der Waals surface area contributed by atoms with Crippen LogP contribution in [0.5, 0.6) is 0 Å². The molecule has 3 aromatic rings. The van der Waals surface area contributed by atoms with Crippen LogP contribution in [0.25, 0.3) is 21.6 Å². The lowest BCUT2D eigenvalue weighted by atomic mass is 10.0. The van der Waals surface area contributed by atoms with Crippen LogP contribution < -0.4 is 5.73 Å². The maximum absolute atomic E-state index is 5.87. The molecule has 1 aliphatic carbocycles. The van der Waals surface area contributed by atoms with Crippen molar-refractivity contribution in [2.75, 3.05) is 5.73 Å². The highest BCUT2D eigenvalue weighted by Crippen LogP contribution is 2.40. The molecular formula is C17H13NS. The Morgan fingerprint density at radius 2 is 1.84 bits per heavy atom. The molecule has 0 unspecified atom stereocenters. The van der Waals surface area contributed by atoms with Gasteiger partial charge in [0.2, 0.25) is 0 Å². The number of thiophene rings is 1. The van der Waals surface area contributed by atoms with Gasteiger partial charge >= 0.3 is 0 Å². The molecule has 0 spiro atoms. The molecule has 0 radical (unpaired) electrons. The molecule has 2 aromatic carbocycles. The van der Waals surface area contributed by atoms with Gasteiger partial charge in [-0.1, -0.05) is 24.3 Å². The smallest absolute Gasteiger partial charge is 0.0342 e. The second-order valence-electron chi connectivity index (χ2n) is 4.94. The molecule has 2 heteroatoms. The molecule has 0 saturated carbocycles. The first kappa shape index (κ1) is 10.8. The Morgan fingerprint density at radius 1 is 0.895 bits per heavy atom. The van der Waals surface area contributed by atoms with Crippen LogP contribution in [-0.4, -0.2) is 0 Å². The summed E-state index contributed by atoms with van der Waals surface area (Å²) in [5.41, 5.74) is 13.5. The fraction of sp³-hybridized carbons (Fsp3) is 0.0588. The van der Waals surface area contributed by atoms with E-state index >= 15 is 0 Å². The van der Waals surface area contributed by atoms with Gasteiger partial charge in [-0.2, -0.15) is 0 Å². The van der Waals surface area contributed by atoms with E-state index in [1.54, 1.807) is 11.3 Å². The lowest BCUT2D eigenvalue weighted by Crippen LogP contribution is -1.86. The zero-order chi connectivity index (χ0) is 12.8. The minimum Gasteiger partial charge on any atom is -0.399 e. The van der Waals surface area contributed by atoms with E-state index in [1.807, 2.05) is 6.07 Å². The van der Waals surface area contributed by atoms with Crippen molar-refractivity contribution < 1.29 is 0 Å². The highest BCUT2D eigenvalue weighted by molar-refractivity contribution is 7.13. The number of anilines is 1. The minimum absolute atomic E-state index is 0.852. The summed E-state index contributed by atoms with van der Waals surface area (Å²) < 4.78 is 0. The van der Waals surface area contributed by atoms with Gasteiger partial charge in [-0.3, -0.25) is 0 Å². The lowest BCUT2D eigenvalue weighted by Gasteiger charge is -2.04. The lowest BCUT2D eigenvalue weighted by molar-refractivity contribution is 1.26. The van der Waals surface area contributed by atoms with Crippen molar-refractivity contribution in [3.63, 3.8) is 0 Å². The summed E-state index contributed by atoms with van der Waals surface area (Å²) in [6.45, 7) is 0. The summed E-state index contributed by atoms with van der Waals surface area (Å²) in [7, 11) is 0. The maximum atomic E-state index is 5.87. The molecule has 1 aliphatic rings. The van der Waals surface area contributed by atoms with Crippen LogP contribution >= 0.6 is 11.3 Å². The van der Waals surface area contributed by atoms with Crippen LogP contribution in [0.1, 0.15) is 11.1 Å². The summed E-state index contributed by atoms with van der Waals surface area (Å²) in [5.74, 6) is 0. The largest absolute Gasteiger partial charge is 0.399 e. The minimum atomic E-state index is 0.852. The van der Waals surface area contributed by atoms with Gasteiger partial charge in [-0.15, -0.1) is 11.3 Å². The summed E-state index contributed by atoms with van der Waals surface area (Å²) in [5, 5.41) is 2.12. The summed E-state index contributed by atoms with van der Waals surface area (Å²) in [4.78, 5) is 1.33. The first-order valence-electron chi connectivity index (χ1n) is 6.37. The molecule has 1 heterocycles. The summed E-state index contributed by atoms with van der Waals surface area (Å²) in [6, 6.07) is 17.3. The standard InChI is InChI=1S/C17H13NS/c18-14-5-6-15-13(9-14)8-11-3-4-12(10-16(11)15)17-2-1-7-19-17/h1-7,9-10H,8,18H2. The van der Waals surface area contributed by atoms with Crippen LogP contribution in [0, 0.1) is 0 Å². The van der Waals surface area contributed by atoms with Crippen molar-refractivity contribution in [3.8, 4) is 21.6 Å². The van der Waals surface area contributed by atoms with Crippen LogP contribution in [0.15, 0.2) is 53.9 Å². The molecule has 0 amide bonds. The van der Waals surface area contributed by atoms with Gasteiger partial charge in [0.1, 0.15) is 0 Å². The maximum Gasteiger partial charge on any atom is 0.0342 e. The van der Waals surface area contributed by atoms with E-state index in [4.69, 9.17) is 5.73 Å². The fourth-order valence-corrected chi connectivity index (χ4v) is 3.53. The first-order valence-corrected chi connectivity index (χ1v) is 7.25. The Bertz CT molecular complexity index is 757. The van der Waals surface area contributed by atoms with Crippen molar-refractivity contribution in [3.05, 3.63) is 65.0 Å². The monoisotopic (exact) mass is 263 g/mol. The topological polar surface area (TPSA) is 26.0 Å². The molecule has 2 N–H and O–H groups in total. The number of nitrogens with two attached hydrogens (primary N) is 1. The number of rotatable bonds is 1. The average molecular weight is 263 g/mol. The number of hydrogen-bond acceptors (Lipinski definition) is 2. The second kappa shape index (κ2) is 3.97. The number of benzene rings is 2. The molecule has 92 valence electrons. The van der Waals surface area contributed by atoms with E-state index in [0.717, 1.165) is 12.1 Å². The van der Waals surface area contributed by atoms with E-state index < -0.39 is 0 Å². The highest BCUT2D eigenvalue weighted by atomic mass is 32.1. The van der Waals surface area contributed by atoms with Gasteiger partial charge in [-0.05, 0) is 63.9 Å². The first-order chi connectivity index (χ1) is 9.31. The highest BCUT2D eigenvalue weighted by Gasteiger charge is 2.18. The molecular weight excluding hydrogens is 250 g/mol. The normalized spacial score (nSPS) is 12.2. The van der Waals surface area contributed by atoms with Gasteiger partial charge in [0.05, 0.1) is 0 Å². The summed E-state index contributed by atoms with van der Waals surface area (Å²) in [6.07, 6.45) is 1.00. The predicted molar refractivity (Wildman–Crippen MR) is 82.4 cm³/mol. The van der Waals surface area contributed by atoms with Crippen LogP contribution in [0.2, 0.25) is 0 Å². The van der Waals surface area contributed by atoms with Crippen molar-refractivity contribution >= 4 is 17.0 Å². The van der Waals surface area contributed by atoms with E-state index in [1.165, 1.54) is 32.7 Å². The molecule has 0 atom stereocenters. The summed E-state index contributed by atoms with van der Waals surface area (Å²) >= 11 is 1.79. The molecule has 0 aliphatic heterocycles. The number of nitrogen functional groups attached to an aromatic ring is 1. The molecule has 0 fully saturated rings. The van der Waals surface area contributed by atoms with E-state index in [9.17, 15) is 0 Å². The third-order valence-corrected chi connectivity index (χ3v) is 4.63. The molecule has 1 aromatic heterocycles. The number of hydrogen-bond donors (Lipinski definition) is 1. The van der Waals surface area contributed by atoms with Gasteiger partial charge in [0.15, 0.2) is 0 Å². The van der Waals surface area contributed by atoms with Gasteiger partial charge in [0.25, 0.3) is 0 Å². The van der Waals surface area contributed by atoms with Gasteiger partial charge in [-0.25, -0.2) is 0 Å². The molecule has 19 heavy (non-hydrogen) atoms. The average Bonchev–Trinajstić information content (AvgIpc) is 3.04. The van der Waals surface area contributed by atoms with E-state index in [2.05, 4.69) is 47.8 Å². The molecule has 1 nitrogen and oxygen atoms in total. The van der Waals surface area contributed by atoms with Crippen LogP contribution in [0.4, 0.5) is 5.69 Å². The quantitative estimate of drug-likeness (QED) is 0.500. The zero-order valence-corrected chi connectivity index (χ0v) is 11.2. The Labute approximate surface area is 116 Å². The van der Waals surface area contributed by atoms with Gasteiger partial charge < -0.3 is 5.73 Å². The van der Waals surface area contributed by atoms with Crippen molar-refractivity contribution in [2.45, 2.75) is 6.42 Å². The van der Waals surface area contributed by atoms with Crippen molar-refractivity contribution in [1.29, 1.82) is 0 Å². The van der Waals surface area contributed by atoms with Crippen molar-refractivity contribution in [2.24, 2.45) is 0 Å². The van der Waals surface area contributed by atoms with Gasteiger partial charge in [0, 0.05) is 10.6 Å². The molecule has 0 saturated heterocycles. The third-order valence-electron chi connectivity index (χ3n) is 3.72. The second-order valence-corrected chi connectivity index (χ2v) is 5.89. The van der Waals surface area contributed by atoms with Crippen molar-refractivity contribution in [1.82, 2.24) is 0 Å². The Morgan fingerprint density at radius 3 is 2.68 bits per heavy atom. The molecule has 4 rings (SSSR count). The molecule has 0 bridgehead atoms. The third kappa shape index (κ3) is 1.68. The number of fused-ring (bicyclic) bond motifs is 3. The van der Waals surface area contributed by atoms with Crippen LogP contribution in [0.3, 0.4) is 0 Å². The van der Waals surface area contributed by atoms with Crippen LogP contribution in [-0.2, 0) is 6.42 Å². The zero-order valence-electron chi connectivity index (χ0n) is 10.4. The fourth-order valence-electron chi connectivity index (χ4n) is 2.81. The van der Waals surface area contributed by atoms with E-state index in [-0.39, 0.29) is 0 Å². The SMILES string of the molecule is Nc1ccc2c(c1)Cc1ccc(-c3cccs3)cc1-2.